The van der Waals surface area contributed by atoms with E-state index in [0.717, 1.165) is 0 Å². The fourth-order valence-corrected chi connectivity index (χ4v) is 1.08. The summed E-state index contributed by atoms with van der Waals surface area (Å²) >= 11 is 3.12. The van der Waals surface area contributed by atoms with Gasteiger partial charge in [0.05, 0.1) is 0 Å². The summed E-state index contributed by atoms with van der Waals surface area (Å²) in [5.41, 5.74) is 0.346. The van der Waals surface area contributed by atoms with Gasteiger partial charge in [-0.15, -0.1) is 0 Å². The highest BCUT2D eigenvalue weighted by Gasteiger charge is 2.12. The van der Waals surface area contributed by atoms with Crippen LogP contribution < -0.4 is 0 Å². The van der Waals surface area contributed by atoms with Gasteiger partial charge in [-0.3, -0.25) is 0 Å². The van der Waals surface area contributed by atoms with Crippen LogP contribution in [0.4, 0.5) is 0 Å². The van der Waals surface area contributed by atoms with E-state index < -0.39 is 5.97 Å². The number of carboxylic acids is 1. The molecular formula is C8H13BrO2. The molecule has 0 bridgehead atoms. The molecule has 0 saturated carbocycles. The van der Waals surface area contributed by atoms with Crippen molar-refractivity contribution >= 4 is 21.9 Å². The molecule has 0 radical (unpaired) electrons. The lowest BCUT2D eigenvalue weighted by molar-refractivity contribution is -0.132. The molecule has 0 heterocycles. The highest BCUT2D eigenvalue weighted by molar-refractivity contribution is 9.09. The minimum absolute atomic E-state index is 0.0680. The first-order valence-corrected chi connectivity index (χ1v) is 4.50. The number of rotatable bonds is 2. The van der Waals surface area contributed by atoms with Crippen molar-refractivity contribution in [3.63, 3.8) is 0 Å². The van der Waals surface area contributed by atoms with E-state index in [1.54, 1.807) is 6.08 Å². The Hall–Kier alpha value is -0.310. The van der Waals surface area contributed by atoms with Crippen molar-refractivity contribution in [2.75, 3.05) is 5.33 Å². The molecular weight excluding hydrogens is 208 g/mol. The number of carbonyl (C=O) groups is 1. The van der Waals surface area contributed by atoms with Crippen molar-refractivity contribution in [2.24, 2.45) is 5.41 Å². The van der Waals surface area contributed by atoms with Crippen molar-refractivity contribution in [3.05, 3.63) is 11.6 Å². The van der Waals surface area contributed by atoms with Gasteiger partial charge in [-0.05, 0) is 5.41 Å². The predicted molar refractivity (Wildman–Crippen MR) is 49.0 cm³/mol. The zero-order valence-electron chi connectivity index (χ0n) is 7.02. The second-order valence-corrected chi connectivity index (χ2v) is 4.04. The predicted octanol–water partition coefficient (Wildman–Crippen LogP) is 2.44. The molecule has 0 aliphatic rings. The highest BCUT2D eigenvalue weighted by atomic mass is 79.9. The molecule has 0 aliphatic carbocycles. The minimum atomic E-state index is -0.850. The van der Waals surface area contributed by atoms with Gasteiger partial charge in [-0.25, -0.2) is 4.79 Å². The van der Waals surface area contributed by atoms with E-state index in [1.165, 1.54) is 0 Å². The lowest BCUT2D eigenvalue weighted by Crippen LogP contribution is -2.08. The first-order chi connectivity index (χ1) is 4.87. The zero-order valence-corrected chi connectivity index (χ0v) is 8.60. The third-order valence-electron chi connectivity index (χ3n) is 1.03. The Morgan fingerprint density at radius 3 is 2.09 bits per heavy atom. The molecule has 11 heavy (non-hydrogen) atoms. The van der Waals surface area contributed by atoms with Gasteiger partial charge >= 0.3 is 5.97 Å². The number of halogens is 1. The second-order valence-electron chi connectivity index (χ2n) is 3.47. The summed E-state index contributed by atoms with van der Waals surface area (Å²) in [6.45, 7) is 5.91. The molecule has 0 fully saturated rings. The van der Waals surface area contributed by atoms with Crippen LogP contribution in [0.25, 0.3) is 0 Å². The largest absolute Gasteiger partial charge is 0.478 e. The summed E-state index contributed by atoms with van der Waals surface area (Å²) in [6.07, 6.45) is 1.75. The van der Waals surface area contributed by atoms with Crippen LogP contribution in [-0.4, -0.2) is 16.4 Å². The van der Waals surface area contributed by atoms with Crippen LogP contribution in [0.3, 0.4) is 0 Å². The van der Waals surface area contributed by atoms with E-state index >= 15 is 0 Å². The van der Waals surface area contributed by atoms with Gasteiger partial charge in [0.1, 0.15) is 0 Å². The average molecular weight is 221 g/mol. The van der Waals surface area contributed by atoms with E-state index in [0.29, 0.717) is 10.9 Å². The second kappa shape index (κ2) is 3.90. The molecule has 0 aromatic carbocycles. The third-order valence-corrected chi connectivity index (χ3v) is 1.63. The number of allylic oxidation sites excluding steroid dienone is 1. The summed E-state index contributed by atoms with van der Waals surface area (Å²) < 4.78 is 0. The van der Waals surface area contributed by atoms with Gasteiger partial charge in [0, 0.05) is 10.9 Å². The topological polar surface area (TPSA) is 37.3 Å². The van der Waals surface area contributed by atoms with Gasteiger partial charge in [0.15, 0.2) is 0 Å². The molecule has 0 saturated heterocycles. The van der Waals surface area contributed by atoms with Crippen molar-refractivity contribution in [2.45, 2.75) is 20.8 Å². The van der Waals surface area contributed by atoms with Crippen LogP contribution in [0, 0.1) is 5.41 Å². The number of aliphatic carboxylic acids is 1. The highest BCUT2D eigenvalue weighted by Crippen LogP contribution is 2.18. The molecule has 0 aromatic heterocycles. The number of hydrogen-bond acceptors (Lipinski definition) is 1. The lowest BCUT2D eigenvalue weighted by Gasteiger charge is -2.12. The Kier molecular flexibility index (Phi) is 3.79. The molecule has 64 valence electrons. The summed E-state index contributed by atoms with van der Waals surface area (Å²) in [5.74, 6) is -0.850. The first-order valence-electron chi connectivity index (χ1n) is 3.38. The molecule has 3 heteroatoms. The summed E-state index contributed by atoms with van der Waals surface area (Å²) in [6, 6.07) is 0. The third kappa shape index (κ3) is 5.01. The molecule has 0 rings (SSSR count). The van der Waals surface area contributed by atoms with Crippen LogP contribution in [0.15, 0.2) is 11.6 Å². The number of alkyl halides is 1. The maximum atomic E-state index is 10.5. The van der Waals surface area contributed by atoms with E-state index in [4.69, 9.17) is 5.11 Å². The van der Waals surface area contributed by atoms with Crippen LogP contribution in [-0.2, 0) is 4.79 Å². The minimum Gasteiger partial charge on any atom is -0.478 e. The maximum absolute atomic E-state index is 10.5. The monoisotopic (exact) mass is 220 g/mol. The quantitative estimate of drug-likeness (QED) is 0.574. The summed E-state index contributed by atoms with van der Waals surface area (Å²) in [5, 5.41) is 9.04. The van der Waals surface area contributed by atoms with Crippen molar-refractivity contribution in [3.8, 4) is 0 Å². The Balaban J connectivity index is 4.49. The molecule has 0 amide bonds. The molecule has 0 spiro atoms. The number of hydrogen-bond donors (Lipinski definition) is 1. The molecule has 0 aromatic rings. The van der Waals surface area contributed by atoms with Gasteiger partial charge in [-0.1, -0.05) is 42.8 Å². The molecule has 2 nitrogen and oxygen atoms in total. The van der Waals surface area contributed by atoms with Gasteiger partial charge in [0.2, 0.25) is 0 Å². The molecule has 1 N–H and O–H groups in total. The van der Waals surface area contributed by atoms with E-state index in [-0.39, 0.29) is 5.41 Å². The van der Waals surface area contributed by atoms with E-state index in [9.17, 15) is 4.79 Å². The Morgan fingerprint density at radius 2 is 2.00 bits per heavy atom. The average Bonchev–Trinajstić information content (AvgIpc) is 1.80. The van der Waals surface area contributed by atoms with Crippen LogP contribution >= 0.6 is 15.9 Å². The van der Waals surface area contributed by atoms with Gasteiger partial charge in [-0.2, -0.15) is 0 Å². The summed E-state index contributed by atoms with van der Waals surface area (Å²) in [4.78, 5) is 10.5. The fourth-order valence-electron chi connectivity index (χ4n) is 0.680. The Bertz CT molecular complexity index is 177. The first kappa shape index (κ1) is 10.7. The van der Waals surface area contributed by atoms with Crippen molar-refractivity contribution in [1.29, 1.82) is 0 Å². The lowest BCUT2D eigenvalue weighted by atomic mass is 9.94. The van der Waals surface area contributed by atoms with E-state index in [1.807, 2.05) is 20.8 Å². The smallest absolute Gasteiger partial charge is 0.332 e. The van der Waals surface area contributed by atoms with Gasteiger partial charge in [0.25, 0.3) is 0 Å². The maximum Gasteiger partial charge on any atom is 0.332 e. The van der Waals surface area contributed by atoms with Crippen LogP contribution in [0.5, 0.6) is 0 Å². The van der Waals surface area contributed by atoms with Crippen LogP contribution in [0.1, 0.15) is 20.8 Å². The van der Waals surface area contributed by atoms with Gasteiger partial charge < -0.3 is 5.11 Å². The normalized spacial score (nSPS) is 13.3. The fraction of sp³-hybridized carbons (Fsp3) is 0.625. The summed E-state index contributed by atoms with van der Waals surface area (Å²) in [7, 11) is 0. The number of carboxylic acid groups (broad SMARTS) is 1. The molecule has 0 unspecified atom stereocenters. The van der Waals surface area contributed by atoms with Crippen LogP contribution in [0.2, 0.25) is 0 Å². The zero-order chi connectivity index (χ0) is 9.07. The van der Waals surface area contributed by atoms with Crippen molar-refractivity contribution < 1.29 is 9.90 Å². The molecule has 0 aliphatic heterocycles. The SMILES string of the molecule is CC(C)(C)C=C(CBr)C(=O)O. The Morgan fingerprint density at radius 1 is 1.55 bits per heavy atom. The van der Waals surface area contributed by atoms with Crippen molar-refractivity contribution in [1.82, 2.24) is 0 Å². The van der Waals surface area contributed by atoms with E-state index in [2.05, 4.69) is 15.9 Å². The molecule has 0 atom stereocenters. The standard InChI is InChI=1S/C8H13BrO2/c1-8(2,3)4-6(5-9)7(10)11/h4H,5H2,1-3H3,(H,10,11). The Labute approximate surface area is 75.4 Å².